The Morgan fingerprint density at radius 3 is 2.67 bits per heavy atom. The van der Waals surface area contributed by atoms with Gasteiger partial charge in [-0.15, -0.1) is 0 Å². The number of carbonyl (C=O) groups excluding carboxylic acids is 1. The number of benzene rings is 1. The van der Waals surface area contributed by atoms with Gasteiger partial charge in [-0.1, -0.05) is 24.4 Å². The molecule has 0 bridgehead atoms. The number of hydrogen-bond acceptors (Lipinski definition) is 5. The minimum Gasteiger partial charge on any atom is -0.488 e. The van der Waals surface area contributed by atoms with Gasteiger partial charge in [0.15, 0.2) is 5.75 Å². The molecular weight excluding hydrogens is 290 g/mol. The van der Waals surface area contributed by atoms with Crippen molar-refractivity contribution >= 4 is 34.1 Å². The van der Waals surface area contributed by atoms with Gasteiger partial charge in [-0.3, -0.25) is 4.79 Å². The number of ether oxygens (including phenoxy) is 2. The van der Waals surface area contributed by atoms with Crippen molar-refractivity contribution in [2.75, 3.05) is 13.7 Å². The van der Waals surface area contributed by atoms with Crippen LogP contribution in [0.25, 0.3) is 11.0 Å². The number of rotatable bonds is 5. The van der Waals surface area contributed by atoms with Crippen LogP contribution in [-0.2, 0) is 9.53 Å². The Balaban J connectivity index is 2.35. The summed E-state index contributed by atoms with van der Waals surface area (Å²) in [5.41, 5.74) is 5.51. The highest BCUT2D eigenvalue weighted by atomic mass is 32.1. The molecule has 1 aromatic heterocycles. The molecule has 0 saturated carbocycles. The standard InChI is InChI=1S/C15H17NO4S/c1-15(2,14(17)18-3)8-19-11-9-6-4-5-7-10(9)20-12(11)13(16)21/h4-7H,8H2,1-3H3,(H2,16,21). The van der Waals surface area contributed by atoms with Gasteiger partial charge in [0, 0.05) is 0 Å². The largest absolute Gasteiger partial charge is 0.488 e. The number of furan rings is 1. The molecule has 0 aliphatic rings. The number of carbonyl (C=O) groups is 1. The van der Waals surface area contributed by atoms with E-state index in [-0.39, 0.29) is 17.6 Å². The minimum absolute atomic E-state index is 0.108. The van der Waals surface area contributed by atoms with Crippen molar-refractivity contribution in [3.05, 3.63) is 30.0 Å². The smallest absolute Gasteiger partial charge is 0.314 e. The van der Waals surface area contributed by atoms with Gasteiger partial charge in [-0.05, 0) is 26.0 Å². The molecule has 21 heavy (non-hydrogen) atoms. The van der Waals surface area contributed by atoms with E-state index in [0.717, 1.165) is 5.39 Å². The molecule has 1 aromatic carbocycles. The Labute approximate surface area is 128 Å². The van der Waals surface area contributed by atoms with Crippen molar-refractivity contribution < 1.29 is 18.7 Å². The fourth-order valence-corrected chi connectivity index (χ4v) is 2.05. The molecule has 0 atom stereocenters. The Bertz CT molecular complexity index is 690. The van der Waals surface area contributed by atoms with Crippen LogP contribution in [0.15, 0.2) is 28.7 Å². The van der Waals surface area contributed by atoms with Crippen molar-refractivity contribution in [2.24, 2.45) is 11.1 Å². The van der Waals surface area contributed by atoms with E-state index in [4.69, 9.17) is 31.8 Å². The average Bonchev–Trinajstić information content (AvgIpc) is 2.83. The molecule has 0 aliphatic heterocycles. The van der Waals surface area contributed by atoms with Crippen LogP contribution in [0.1, 0.15) is 19.6 Å². The van der Waals surface area contributed by atoms with E-state index in [1.54, 1.807) is 19.9 Å². The lowest BCUT2D eigenvalue weighted by Gasteiger charge is -2.21. The van der Waals surface area contributed by atoms with Gasteiger partial charge in [-0.2, -0.15) is 0 Å². The summed E-state index contributed by atoms with van der Waals surface area (Å²) >= 11 is 4.98. The molecule has 2 rings (SSSR count). The second kappa shape index (κ2) is 5.73. The topological polar surface area (TPSA) is 74.7 Å². The first-order valence-electron chi connectivity index (χ1n) is 6.39. The molecule has 0 unspecified atom stereocenters. The third-order valence-corrected chi connectivity index (χ3v) is 3.27. The molecule has 0 spiro atoms. The van der Waals surface area contributed by atoms with Crippen molar-refractivity contribution in [3.8, 4) is 5.75 Å². The summed E-state index contributed by atoms with van der Waals surface area (Å²) in [5.74, 6) is 0.411. The predicted molar refractivity (Wildman–Crippen MR) is 83.4 cm³/mol. The monoisotopic (exact) mass is 307 g/mol. The van der Waals surface area contributed by atoms with Crippen molar-refractivity contribution in [1.29, 1.82) is 0 Å². The van der Waals surface area contributed by atoms with Crippen molar-refractivity contribution in [1.82, 2.24) is 0 Å². The lowest BCUT2D eigenvalue weighted by molar-refractivity contribution is -0.152. The lowest BCUT2D eigenvalue weighted by Crippen LogP contribution is -2.32. The SMILES string of the molecule is COC(=O)C(C)(C)COc1c(C(N)=S)oc2ccccc12. The molecule has 0 saturated heterocycles. The van der Waals surface area contributed by atoms with Gasteiger partial charge in [-0.25, -0.2) is 0 Å². The molecule has 2 N–H and O–H groups in total. The zero-order valence-electron chi connectivity index (χ0n) is 12.1. The second-order valence-electron chi connectivity index (χ2n) is 5.28. The zero-order valence-corrected chi connectivity index (χ0v) is 13.0. The zero-order chi connectivity index (χ0) is 15.6. The maximum Gasteiger partial charge on any atom is 0.314 e. The molecule has 0 aliphatic carbocycles. The molecule has 1 heterocycles. The van der Waals surface area contributed by atoms with Gasteiger partial charge >= 0.3 is 5.97 Å². The van der Waals surface area contributed by atoms with E-state index in [9.17, 15) is 4.79 Å². The molecule has 0 radical (unpaired) electrons. The first-order valence-corrected chi connectivity index (χ1v) is 6.80. The third kappa shape index (κ3) is 3.00. The molecule has 2 aromatic rings. The number of esters is 1. The Morgan fingerprint density at radius 2 is 2.05 bits per heavy atom. The van der Waals surface area contributed by atoms with E-state index < -0.39 is 5.41 Å². The van der Waals surface area contributed by atoms with E-state index in [2.05, 4.69) is 0 Å². The number of para-hydroxylation sites is 1. The molecule has 5 nitrogen and oxygen atoms in total. The van der Waals surface area contributed by atoms with Gasteiger partial charge in [0.05, 0.1) is 17.9 Å². The van der Waals surface area contributed by atoms with Crippen LogP contribution in [0, 0.1) is 5.41 Å². The molecule has 6 heteroatoms. The quantitative estimate of drug-likeness (QED) is 0.676. The number of methoxy groups -OCH3 is 1. The van der Waals surface area contributed by atoms with E-state index in [1.165, 1.54) is 7.11 Å². The number of nitrogens with two attached hydrogens (primary N) is 1. The molecule has 0 fully saturated rings. The van der Waals surface area contributed by atoms with Crippen molar-refractivity contribution in [2.45, 2.75) is 13.8 Å². The van der Waals surface area contributed by atoms with Crippen LogP contribution < -0.4 is 10.5 Å². The summed E-state index contributed by atoms with van der Waals surface area (Å²) < 4.78 is 16.1. The summed E-state index contributed by atoms with van der Waals surface area (Å²) in [6.07, 6.45) is 0. The number of hydrogen-bond donors (Lipinski definition) is 1. The summed E-state index contributed by atoms with van der Waals surface area (Å²) in [5, 5.41) is 0.765. The van der Waals surface area contributed by atoms with Gasteiger partial charge in [0.1, 0.15) is 17.2 Å². The van der Waals surface area contributed by atoms with Crippen LogP contribution in [0.3, 0.4) is 0 Å². The summed E-state index contributed by atoms with van der Waals surface area (Å²) in [6.45, 7) is 3.60. The molecular formula is C15H17NO4S. The predicted octanol–water partition coefficient (Wildman–Crippen LogP) is 2.65. The van der Waals surface area contributed by atoms with Gasteiger partial charge < -0.3 is 19.6 Å². The summed E-state index contributed by atoms with van der Waals surface area (Å²) in [6, 6.07) is 7.35. The summed E-state index contributed by atoms with van der Waals surface area (Å²) in [7, 11) is 1.35. The number of thiocarbonyl (C=S) groups is 1. The maximum absolute atomic E-state index is 11.7. The van der Waals surface area contributed by atoms with Crippen LogP contribution in [-0.4, -0.2) is 24.7 Å². The first-order chi connectivity index (χ1) is 9.86. The molecule has 112 valence electrons. The van der Waals surface area contributed by atoms with Crippen molar-refractivity contribution in [3.63, 3.8) is 0 Å². The lowest BCUT2D eigenvalue weighted by atomic mass is 9.95. The first kappa shape index (κ1) is 15.3. The van der Waals surface area contributed by atoms with Crippen LogP contribution >= 0.6 is 12.2 Å². The third-order valence-electron chi connectivity index (χ3n) is 3.09. The average molecular weight is 307 g/mol. The van der Waals surface area contributed by atoms with E-state index in [1.807, 2.05) is 18.2 Å². The van der Waals surface area contributed by atoms with Crippen LogP contribution in [0.4, 0.5) is 0 Å². The molecule has 0 amide bonds. The van der Waals surface area contributed by atoms with Gasteiger partial charge in [0.2, 0.25) is 5.76 Å². The second-order valence-corrected chi connectivity index (χ2v) is 5.72. The van der Waals surface area contributed by atoms with E-state index >= 15 is 0 Å². The minimum atomic E-state index is -0.791. The summed E-state index contributed by atoms with van der Waals surface area (Å²) in [4.78, 5) is 11.8. The Kier molecular flexibility index (Phi) is 4.18. The highest BCUT2D eigenvalue weighted by molar-refractivity contribution is 7.80. The Morgan fingerprint density at radius 1 is 1.38 bits per heavy atom. The number of fused-ring (bicyclic) bond motifs is 1. The normalized spacial score (nSPS) is 11.4. The van der Waals surface area contributed by atoms with E-state index in [0.29, 0.717) is 17.1 Å². The maximum atomic E-state index is 11.7. The fraction of sp³-hybridized carbons (Fsp3) is 0.333. The highest BCUT2D eigenvalue weighted by Crippen LogP contribution is 2.34. The van der Waals surface area contributed by atoms with Crippen LogP contribution in [0.5, 0.6) is 5.75 Å². The van der Waals surface area contributed by atoms with Crippen LogP contribution in [0.2, 0.25) is 0 Å². The van der Waals surface area contributed by atoms with Gasteiger partial charge in [0.25, 0.3) is 0 Å². The highest BCUT2D eigenvalue weighted by Gasteiger charge is 2.31. The fourth-order valence-electron chi connectivity index (χ4n) is 1.92. The Hall–Kier alpha value is -2.08.